The van der Waals surface area contributed by atoms with Gasteiger partial charge in [-0.15, -0.1) is 0 Å². The fourth-order valence-electron chi connectivity index (χ4n) is 2.33. The van der Waals surface area contributed by atoms with E-state index >= 15 is 0 Å². The number of nitrogens with zero attached hydrogens (tertiary/aromatic N) is 4. The Morgan fingerprint density at radius 3 is 2.75 bits per heavy atom. The van der Waals surface area contributed by atoms with Gasteiger partial charge in [0.1, 0.15) is 30.2 Å². The number of aliphatic hydroxyl groups is 3. The van der Waals surface area contributed by atoms with E-state index in [-0.39, 0.29) is 6.61 Å². The van der Waals surface area contributed by atoms with E-state index in [1.54, 1.807) is 7.05 Å². The number of aliphatic hydroxyl groups excluding tert-OH is 3. The zero-order chi connectivity index (χ0) is 14.3. The van der Waals surface area contributed by atoms with E-state index in [9.17, 15) is 10.2 Å². The van der Waals surface area contributed by atoms with E-state index in [1.165, 1.54) is 17.2 Å². The molecule has 0 unspecified atom stereocenters. The minimum absolute atomic E-state index is 0.377. The molecule has 108 valence electrons. The summed E-state index contributed by atoms with van der Waals surface area (Å²) in [5.41, 5.74) is 1.01. The van der Waals surface area contributed by atoms with Gasteiger partial charge in [0.2, 0.25) is 0 Å². The molecule has 0 saturated carbocycles. The number of ether oxygens (including phenoxy) is 1. The van der Waals surface area contributed by atoms with E-state index in [2.05, 4.69) is 20.3 Å². The van der Waals surface area contributed by atoms with Crippen molar-refractivity contribution in [1.29, 1.82) is 0 Å². The summed E-state index contributed by atoms with van der Waals surface area (Å²) < 4.78 is 6.97. The Bertz CT molecular complexity index is 618. The van der Waals surface area contributed by atoms with E-state index in [0.717, 1.165) is 0 Å². The fourth-order valence-corrected chi connectivity index (χ4v) is 2.33. The molecule has 2 aromatic heterocycles. The Morgan fingerprint density at radius 1 is 1.30 bits per heavy atom. The van der Waals surface area contributed by atoms with Gasteiger partial charge in [0.15, 0.2) is 17.7 Å². The molecule has 1 fully saturated rings. The van der Waals surface area contributed by atoms with Crippen LogP contribution in [0.5, 0.6) is 0 Å². The molecule has 3 heterocycles. The van der Waals surface area contributed by atoms with Crippen molar-refractivity contribution in [1.82, 2.24) is 19.5 Å². The second-order valence-corrected chi connectivity index (χ2v) is 4.53. The molecule has 4 N–H and O–H groups in total. The van der Waals surface area contributed by atoms with E-state index in [1.807, 2.05) is 0 Å². The molecule has 1 aliphatic heterocycles. The molecule has 0 aromatic carbocycles. The number of hydrogen-bond acceptors (Lipinski definition) is 8. The summed E-state index contributed by atoms with van der Waals surface area (Å²) >= 11 is 0. The molecule has 4 atom stereocenters. The van der Waals surface area contributed by atoms with Gasteiger partial charge >= 0.3 is 0 Å². The summed E-state index contributed by atoms with van der Waals surface area (Å²) in [6, 6.07) is 0. The van der Waals surface area contributed by atoms with Crippen molar-refractivity contribution >= 4 is 17.0 Å². The summed E-state index contributed by atoms with van der Waals surface area (Å²) in [4.78, 5) is 12.3. The second-order valence-electron chi connectivity index (χ2n) is 4.53. The minimum Gasteiger partial charge on any atom is -0.394 e. The van der Waals surface area contributed by atoms with Crippen LogP contribution in [0.15, 0.2) is 12.7 Å². The van der Waals surface area contributed by atoms with Crippen LogP contribution in [-0.2, 0) is 4.74 Å². The number of nitrogens with one attached hydrogen (secondary N) is 1. The third kappa shape index (κ3) is 1.83. The lowest BCUT2D eigenvalue weighted by molar-refractivity contribution is -0.0511. The minimum atomic E-state index is -1.17. The topological polar surface area (TPSA) is 126 Å². The van der Waals surface area contributed by atoms with Crippen molar-refractivity contribution < 1.29 is 20.1 Å². The summed E-state index contributed by atoms with van der Waals surface area (Å²) in [6.07, 6.45) is -1.19. The molecule has 3 rings (SSSR count). The Morgan fingerprint density at radius 2 is 2.10 bits per heavy atom. The summed E-state index contributed by atoms with van der Waals surface area (Å²) in [5.74, 6) is 0.556. The number of aromatic nitrogens is 4. The zero-order valence-corrected chi connectivity index (χ0v) is 10.7. The average molecular weight is 281 g/mol. The van der Waals surface area contributed by atoms with Crippen molar-refractivity contribution in [2.45, 2.75) is 24.5 Å². The molecule has 2 aromatic rings. The first-order valence-corrected chi connectivity index (χ1v) is 6.15. The van der Waals surface area contributed by atoms with Crippen LogP contribution in [-0.4, -0.2) is 66.8 Å². The van der Waals surface area contributed by atoms with Crippen LogP contribution in [0.1, 0.15) is 6.23 Å². The molecule has 9 nitrogen and oxygen atoms in total. The van der Waals surface area contributed by atoms with Crippen LogP contribution >= 0.6 is 0 Å². The number of hydrogen-bond donors (Lipinski definition) is 4. The highest BCUT2D eigenvalue weighted by Gasteiger charge is 2.43. The quantitative estimate of drug-likeness (QED) is 0.534. The SMILES string of the molecule is CNc1ncnc2c1ncn2[C@@H]1O[C@@H](CO)[C@@H](O)[C@H]1O. The Hall–Kier alpha value is -1.81. The predicted octanol–water partition coefficient (Wildman–Crippen LogP) is -1.52. The number of imidazole rings is 1. The van der Waals surface area contributed by atoms with E-state index in [4.69, 9.17) is 9.84 Å². The maximum atomic E-state index is 10.0. The summed E-state index contributed by atoms with van der Waals surface area (Å²) in [7, 11) is 1.72. The van der Waals surface area contributed by atoms with Crippen molar-refractivity contribution in [3.63, 3.8) is 0 Å². The average Bonchev–Trinajstić information content (AvgIpc) is 3.01. The molecule has 0 spiro atoms. The number of fused-ring (bicyclic) bond motifs is 1. The van der Waals surface area contributed by atoms with Gasteiger partial charge in [-0.1, -0.05) is 0 Å². The maximum Gasteiger partial charge on any atom is 0.167 e. The molecule has 1 saturated heterocycles. The van der Waals surface area contributed by atoms with Crippen molar-refractivity contribution in [3.05, 3.63) is 12.7 Å². The van der Waals surface area contributed by atoms with Crippen LogP contribution in [0.4, 0.5) is 5.82 Å². The standard InChI is InChI=1S/C11H15N5O4/c1-12-9-6-10(14-3-13-9)16(4-15-6)11-8(19)7(18)5(2-17)20-11/h3-5,7-8,11,17-19H,2H2,1H3,(H,12,13,14)/t5-,7+,8+,11+/m0/s1. The maximum absolute atomic E-state index is 10.0. The van der Waals surface area contributed by atoms with Gasteiger partial charge in [0.25, 0.3) is 0 Å². The van der Waals surface area contributed by atoms with Gasteiger partial charge in [-0.3, -0.25) is 4.57 Å². The largest absolute Gasteiger partial charge is 0.394 e. The molecule has 9 heteroatoms. The molecular weight excluding hydrogens is 266 g/mol. The highest BCUT2D eigenvalue weighted by atomic mass is 16.6. The van der Waals surface area contributed by atoms with Gasteiger partial charge < -0.3 is 25.4 Å². The van der Waals surface area contributed by atoms with Crippen LogP contribution in [0.25, 0.3) is 11.2 Å². The third-order valence-electron chi connectivity index (χ3n) is 3.39. The zero-order valence-electron chi connectivity index (χ0n) is 10.7. The Labute approximate surface area is 113 Å². The molecule has 0 aliphatic carbocycles. The van der Waals surface area contributed by atoms with Crippen molar-refractivity contribution in [2.75, 3.05) is 19.0 Å². The normalized spacial score (nSPS) is 30.0. The van der Waals surface area contributed by atoms with Crippen LogP contribution < -0.4 is 5.32 Å². The molecule has 1 aliphatic rings. The van der Waals surface area contributed by atoms with Crippen molar-refractivity contribution in [2.24, 2.45) is 0 Å². The lowest BCUT2D eigenvalue weighted by Gasteiger charge is -2.16. The van der Waals surface area contributed by atoms with Crippen LogP contribution in [0, 0.1) is 0 Å². The van der Waals surface area contributed by atoms with Crippen LogP contribution in [0.3, 0.4) is 0 Å². The van der Waals surface area contributed by atoms with Gasteiger partial charge in [-0.25, -0.2) is 15.0 Å². The highest BCUT2D eigenvalue weighted by molar-refractivity contribution is 5.82. The first kappa shape index (κ1) is 13.2. The monoisotopic (exact) mass is 281 g/mol. The third-order valence-corrected chi connectivity index (χ3v) is 3.39. The first-order valence-electron chi connectivity index (χ1n) is 6.15. The smallest absolute Gasteiger partial charge is 0.167 e. The van der Waals surface area contributed by atoms with Crippen LogP contribution in [0.2, 0.25) is 0 Å². The van der Waals surface area contributed by atoms with Gasteiger partial charge in [0, 0.05) is 7.05 Å². The summed E-state index contributed by atoms with van der Waals surface area (Å²) in [5, 5.41) is 31.8. The van der Waals surface area contributed by atoms with Crippen molar-refractivity contribution in [3.8, 4) is 0 Å². The van der Waals surface area contributed by atoms with Gasteiger partial charge in [-0.2, -0.15) is 0 Å². The molecular formula is C11H15N5O4. The summed E-state index contributed by atoms with van der Waals surface area (Å²) in [6.45, 7) is -0.377. The first-order chi connectivity index (χ1) is 9.67. The second kappa shape index (κ2) is 4.94. The van der Waals surface area contributed by atoms with E-state index in [0.29, 0.717) is 17.0 Å². The Balaban J connectivity index is 2.03. The fraction of sp³-hybridized carbons (Fsp3) is 0.545. The molecule has 0 bridgehead atoms. The lowest BCUT2D eigenvalue weighted by Crippen LogP contribution is -2.33. The predicted molar refractivity (Wildman–Crippen MR) is 67.9 cm³/mol. The van der Waals surface area contributed by atoms with E-state index < -0.39 is 24.5 Å². The lowest BCUT2D eigenvalue weighted by atomic mass is 10.1. The molecule has 20 heavy (non-hydrogen) atoms. The number of rotatable bonds is 3. The highest BCUT2D eigenvalue weighted by Crippen LogP contribution is 2.31. The number of anilines is 1. The van der Waals surface area contributed by atoms with Gasteiger partial charge in [0.05, 0.1) is 12.9 Å². The Kier molecular flexibility index (Phi) is 3.26. The van der Waals surface area contributed by atoms with Gasteiger partial charge in [-0.05, 0) is 0 Å². The molecule has 0 radical (unpaired) electrons. The molecule has 0 amide bonds.